The summed E-state index contributed by atoms with van der Waals surface area (Å²) in [5, 5.41) is -0.514. The Morgan fingerprint density at radius 3 is 1.55 bits per heavy atom. The number of nitrogens with two attached hydrogens (primary N) is 2. The van der Waals surface area contributed by atoms with Gasteiger partial charge in [-0.1, -0.05) is 0 Å². The topological polar surface area (TPSA) is 145 Å². The average Bonchev–Trinajstić information content (AvgIpc) is 3.06. The highest BCUT2D eigenvalue weighted by atomic mass is 32.2. The second-order valence-electron chi connectivity index (χ2n) is 8.62. The molecule has 10 nitrogen and oxygen atoms in total. The number of carbonyl (C=O) groups is 4. The zero-order valence-corrected chi connectivity index (χ0v) is 18.1. The summed E-state index contributed by atoms with van der Waals surface area (Å²) in [5.41, 5.74) is 11.6. The van der Waals surface area contributed by atoms with Gasteiger partial charge in [0.25, 0.3) is 0 Å². The number of nitrogens with zero attached hydrogens (tertiary/aromatic N) is 2. The molecule has 2 unspecified atom stereocenters. The molecule has 4 heterocycles. The van der Waals surface area contributed by atoms with Crippen LogP contribution in [-0.2, 0) is 28.7 Å². The third-order valence-electron chi connectivity index (χ3n) is 5.81. The maximum absolute atomic E-state index is 12.6. The van der Waals surface area contributed by atoms with Gasteiger partial charge in [0.15, 0.2) is 0 Å². The van der Waals surface area contributed by atoms with Gasteiger partial charge in [-0.2, -0.15) is 0 Å². The normalized spacial score (nSPS) is 38.7. The lowest BCUT2D eigenvalue weighted by molar-refractivity contribution is -0.181. The van der Waals surface area contributed by atoms with Gasteiger partial charge in [0.05, 0.1) is 0 Å². The summed E-state index contributed by atoms with van der Waals surface area (Å²) < 4.78 is 9.17. The minimum atomic E-state index is -0.804. The van der Waals surface area contributed by atoms with Crippen molar-refractivity contribution < 1.29 is 28.7 Å². The van der Waals surface area contributed by atoms with E-state index >= 15 is 0 Å². The van der Waals surface area contributed by atoms with Crippen LogP contribution in [0.1, 0.15) is 27.7 Å². The van der Waals surface area contributed by atoms with Gasteiger partial charge in [0, 0.05) is 9.49 Å². The van der Waals surface area contributed by atoms with Crippen LogP contribution in [0.3, 0.4) is 0 Å². The number of hydrogen-bond acceptors (Lipinski definition) is 10. The lowest BCUT2D eigenvalue weighted by Crippen LogP contribution is -2.69. The third kappa shape index (κ3) is 2.87. The number of ether oxygens (including phenoxy) is 2. The van der Waals surface area contributed by atoms with Crippen LogP contribution in [0.5, 0.6) is 0 Å². The maximum Gasteiger partial charge on any atom is 0.333 e. The van der Waals surface area contributed by atoms with E-state index in [2.05, 4.69) is 0 Å². The fraction of sp³-hybridized carbons (Fsp3) is 0.765. The summed E-state index contributed by atoms with van der Waals surface area (Å²) in [4.78, 5) is 52.2. The molecular formula is C17H24N4O6S2. The number of esters is 2. The Kier molecular flexibility index (Phi) is 4.65. The second kappa shape index (κ2) is 6.50. The van der Waals surface area contributed by atoms with Crippen LogP contribution in [0.15, 0.2) is 0 Å². The number of amides is 2. The summed E-state index contributed by atoms with van der Waals surface area (Å²) >= 11 is 2.89. The molecule has 0 saturated carbocycles. The van der Waals surface area contributed by atoms with Crippen molar-refractivity contribution in [1.29, 1.82) is 0 Å². The molecular weight excluding hydrogens is 420 g/mol. The van der Waals surface area contributed by atoms with Crippen LogP contribution in [0.2, 0.25) is 0 Å². The Labute approximate surface area is 176 Å². The van der Waals surface area contributed by atoms with E-state index < -0.39 is 52.4 Å². The predicted molar refractivity (Wildman–Crippen MR) is 105 cm³/mol. The number of β-lactam (4-membered cyclic amide) rings is 2. The summed E-state index contributed by atoms with van der Waals surface area (Å²) in [7, 11) is 0. The minimum Gasteiger partial charge on any atom is -0.426 e. The van der Waals surface area contributed by atoms with Crippen molar-refractivity contribution in [2.45, 2.75) is 72.1 Å². The van der Waals surface area contributed by atoms with Crippen LogP contribution in [-0.4, -0.2) is 84.8 Å². The molecule has 0 aromatic carbocycles. The first-order valence-electron chi connectivity index (χ1n) is 9.23. The lowest BCUT2D eigenvalue weighted by Gasteiger charge is -2.42. The molecule has 4 saturated heterocycles. The first-order chi connectivity index (χ1) is 13.4. The van der Waals surface area contributed by atoms with Crippen molar-refractivity contribution in [2.24, 2.45) is 11.5 Å². The predicted octanol–water partition coefficient (Wildman–Crippen LogP) is -1.19. The summed E-state index contributed by atoms with van der Waals surface area (Å²) in [5.74, 6) is -1.90. The Morgan fingerprint density at radius 2 is 1.21 bits per heavy atom. The molecule has 0 aromatic rings. The highest BCUT2D eigenvalue weighted by Gasteiger charge is 2.64. The molecule has 0 radical (unpaired) electrons. The Bertz CT molecular complexity index is 741. The van der Waals surface area contributed by atoms with Crippen molar-refractivity contribution in [1.82, 2.24) is 9.80 Å². The van der Waals surface area contributed by atoms with Crippen molar-refractivity contribution in [2.75, 3.05) is 6.79 Å². The van der Waals surface area contributed by atoms with Crippen molar-refractivity contribution in [3.8, 4) is 0 Å². The van der Waals surface area contributed by atoms with E-state index in [9.17, 15) is 19.2 Å². The lowest BCUT2D eigenvalue weighted by atomic mass is 9.96. The molecule has 0 aromatic heterocycles. The number of thioether (sulfide) groups is 2. The van der Waals surface area contributed by atoms with Crippen LogP contribution in [0.4, 0.5) is 0 Å². The van der Waals surface area contributed by atoms with Crippen LogP contribution < -0.4 is 11.5 Å². The SMILES string of the molecule is CC1(C)S[C@@H]2C(N)C(=O)N2[C@H]1C(=O)OCOC(=O)[C@@H]1N2C(=O)C(N)[C@H]2SC1(C)C. The summed E-state index contributed by atoms with van der Waals surface area (Å²) in [6, 6.07) is -2.85. The summed E-state index contributed by atoms with van der Waals surface area (Å²) in [6.45, 7) is 6.76. The third-order valence-corrected chi connectivity index (χ3v) is 9.00. The zero-order valence-electron chi connectivity index (χ0n) is 16.5. The van der Waals surface area contributed by atoms with Crippen LogP contribution in [0, 0.1) is 0 Å². The van der Waals surface area contributed by atoms with Gasteiger partial charge >= 0.3 is 11.9 Å². The number of fused-ring (bicyclic) bond motifs is 2. The molecule has 6 atom stereocenters. The molecule has 4 fully saturated rings. The fourth-order valence-electron chi connectivity index (χ4n) is 4.35. The van der Waals surface area contributed by atoms with E-state index in [1.807, 2.05) is 27.7 Å². The Morgan fingerprint density at radius 1 is 0.862 bits per heavy atom. The fourth-order valence-corrected chi connectivity index (χ4v) is 7.48. The van der Waals surface area contributed by atoms with Crippen LogP contribution >= 0.6 is 23.5 Å². The molecule has 0 spiro atoms. The number of hydrogen-bond donors (Lipinski definition) is 2. The smallest absolute Gasteiger partial charge is 0.333 e. The van der Waals surface area contributed by atoms with Crippen molar-refractivity contribution >= 4 is 47.3 Å². The van der Waals surface area contributed by atoms with E-state index in [4.69, 9.17) is 20.9 Å². The van der Waals surface area contributed by atoms with Crippen LogP contribution in [0.25, 0.3) is 0 Å². The average molecular weight is 445 g/mol. The van der Waals surface area contributed by atoms with Gasteiger partial charge in [-0.3, -0.25) is 9.59 Å². The number of carbonyl (C=O) groups excluding carboxylic acids is 4. The maximum atomic E-state index is 12.6. The molecule has 12 heteroatoms. The quantitative estimate of drug-likeness (QED) is 0.308. The highest BCUT2D eigenvalue weighted by Crippen LogP contribution is 2.51. The first-order valence-corrected chi connectivity index (χ1v) is 11.0. The summed E-state index contributed by atoms with van der Waals surface area (Å²) in [6.07, 6.45) is 0. The molecule has 160 valence electrons. The molecule has 4 aliphatic heterocycles. The molecule has 29 heavy (non-hydrogen) atoms. The molecule has 4 N–H and O–H groups in total. The minimum absolute atomic E-state index is 0.257. The van der Waals surface area contributed by atoms with Crippen molar-refractivity contribution in [3.63, 3.8) is 0 Å². The zero-order chi connectivity index (χ0) is 21.5. The number of rotatable bonds is 4. The van der Waals surface area contributed by atoms with Crippen molar-refractivity contribution in [3.05, 3.63) is 0 Å². The van der Waals surface area contributed by atoms with E-state index in [0.717, 1.165) is 0 Å². The van der Waals surface area contributed by atoms with Gasteiger partial charge in [-0.25, -0.2) is 9.59 Å². The first kappa shape index (κ1) is 20.8. The molecule has 2 amide bonds. The van der Waals surface area contributed by atoms with E-state index in [1.54, 1.807) is 0 Å². The molecule has 4 aliphatic rings. The van der Waals surface area contributed by atoms with Gasteiger partial charge in [-0.15, -0.1) is 23.5 Å². The Balaban J connectivity index is 1.36. The largest absolute Gasteiger partial charge is 0.426 e. The van der Waals surface area contributed by atoms with Gasteiger partial charge in [0.2, 0.25) is 18.6 Å². The monoisotopic (exact) mass is 444 g/mol. The van der Waals surface area contributed by atoms with E-state index in [-0.39, 0.29) is 22.6 Å². The van der Waals surface area contributed by atoms with Gasteiger partial charge in [-0.05, 0) is 27.7 Å². The van der Waals surface area contributed by atoms with Gasteiger partial charge in [0.1, 0.15) is 34.9 Å². The highest BCUT2D eigenvalue weighted by molar-refractivity contribution is 8.02. The molecule has 0 bridgehead atoms. The molecule has 4 rings (SSSR count). The van der Waals surface area contributed by atoms with E-state index in [1.165, 1.54) is 33.3 Å². The second-order valence-corrected chi connectivity index (χ2v) is 12.2. The van der Waals surface area contributed by atoms with Gasteiger partial charge < -0.3 is 30.7 Å². The Hall–Kier alpha value is -1.50. The molecule has 0 aliphatic carbocycles. The standard InChI is InChI=1S/C17H24N4O6S2/c1-16(2)8(20-10(22)6(18)12(20)28-16)14(24)26-5-27-15(25)9-17(3,4)29-13-7(19)11(23)21(9)13/h6-9,12-13H,5,18-19H2,1-4H3/t6?,7?,8-,9-,12+,13+/m0/s1. The van der Waals surface area contributed by atoms with E-state index in [0.29, 0.717) is 0 Å².